The Kier molecular flexibility index (Phi) is 5.98. The number of nitrogens with one attached hydrogen (secondary N) is 2. The number of primary amides is 1. The van der Waals surface area contributed by atoms with Gasteiger partial charge in [-0.05, 0) is 41.0 Å². The highest BCUT2D eigenvalue weighted by Gasteiger charge is 2.18. The SMILES string of the molecule is COc1ccc(Cc2nc(C(N)=O)c(NC(=O)c3ccc(-c4ccccc4)cc3)[nH]2)cc1. The molecule has 0 unspecified atom stereocenters. The number of nitrogens with two attached hydrogens (primary N) is 1. The lowest BCUT2D eigenvalue weighted by molar-refractivity contribution is 0.0997. The zero-order chi connectivity index (χ0) is 22.5. The summed E-state index contributed by atoms with van der Waals surface area (Å²) >= 11 is 0. The van der Waals surface area contributed by atoms with Crippen molar-refractivity contribution in [1.29, 1.82) is 0 Å². The second-order valence-corrected chi connectivity index (χ2v) is 7.19. The van der Waals surface area contributed by atoms with Gasteiger partial charge in [0.15, 0.2) is 5.69 Å². The molecule has 0 aliphatic rings. The van der Waals surface area contributed by atoms with Crippen molar-refractivity contribution in [2.24, 2.45) is 5.73 Å². The first kappa shape index (κ1) is 20.9. The zero-order valence-electron chi connectivity index (χ0n) is 17.5. The molecule has 0 aliphatic carbocycles. The van der Waals surface area contributed by atoms with Crippen molar-refractivity contribution in [2.45, 2.75) is 6.42 Å². The molecule has 4 aromatic rings. The van der Waals surface area contributed by atoms with E-state index in [0.29, 0.717) is 17.8 Å². The number of methoxy groups -OCH3 is 1. The molecule has 0 radical (unpaired) electrons. The van der Waals surface area contributed by atoms with Crippen LogP contribution in [0, 0.1) is 0 Å². The molecule has 1 aromatic heterocycles. The number of carbonyl (C=O) groups excluding carboxylic acids is 2. The quantitative estimate of drug-likeness (QED) is 0.414. The number of imidazole rings is 1. The molecule has 4 N–H and O–H groups in total. The van der Waals surface area contributed by atoms with E-state index in [1.54, 1.807) is 19.2 Å². The molecule has 0 aliphatic heterocycles. The van der Waals surface area contributed by atoms with Crippen molar-refractivity contribution >= 4 is 17.6 Å². The minimum atomic E-state index is -0.725. The van der Waals surface area contributed by atoms with Crippen molar-refractivity contribution < 1.29 is 14.3 Å². The summed E-state index contributed by atoms with van der Waals surface area (Å²) in [5, 5.41) is 2.71. The number of amides is 2. The molecule has 0 saturated carbocycles. The molecular weight excluding hydrogens is 404 g/mol. The van der Waals surface area contributed by atoms with E-state index in [4.69, 9.17) is 10.5 Å². The molecule has 3 aromatic carbocycles. The van der Waals surface area contributed by atoms with Crippen LogP contribution in [-0.4, -0.2) is 28.9 Å². The second kappa shape index (κ2) is 9.18. The molecule has 0 fully saturated rings. The number of anilines is 1. The van der Waals surface area contributed by atoms with E-state index >= 15 is 0 Å². The van der Waals surface area contributed by atoms with Crippen molar-refractivity contribution in [3.8, 4) is 16.9 Å². The number of ether oxygens (including phenoxy) is 1. The van der Waals surface area contributed by atoms with Crippen LogP contribution in [0.5, 0.6) is 5.75 Å². The lowest BCUT2D eigenvalue weighted by atomic mass is 10.0. The van der Waals surface area contributed by atoms with Crippen molar-refractivity contribution in [3.63, 3.8) is 0 Å². The van der Waals surface area contributed by atoms with Crippen molar-refractivity contribution in [2.75, 3.05) is 12.4 Å². The van der Waals surface area contributed by atoms with E-state index in [9.17, 15) is 9.59 Å². The van der Waals surface area contributed by atoms with Gasteiger partial charge in [0, 0.05) is 12.0 Å². The number of hydrogen-bond acceptors (Lipinski definition) is 4. The third kappa shape index (κ3) is 4.67. The molecule has 1 heterocycles. The highest BCUT2D eigenvalue weighted by atomic mass is 16.5. The van der Waals surface area contributed by atoms with Gasteiger partial charge in [0.25, 0.3) is 11.8 Å². The Morgan fingerprint density at radius 1 is 0.938 bits per heavy atom. The van der Waals surface area contributed by atoms with Gasteiger partial charge in [-0.15, -0.1) is 0 Å². The van der Waals surface area contributed by atoms with Gasteiger partial charge in [-0.25, -0.2) is 4.98 Å². The Bertz CT molecular complexity index is 1230. The fraction of sp³-hybridized carbons (Fsp3) is 0.0800. The molecule has 0 atom stereocenters. The van der Waals surface area contributed by atoms with Crippen LogP contribution in [0.4, 0.5) is 5.82 Å². The van der Waals surface area contributed by atoms with Gasteiger partial charge in [-0.1, -0.05) is 54.6 Å². The molecule has 2 amide bonds. The number of hydrogen-bond donors (Lipinski definition) is 3. The van der Waals surface area contributed by atoms with Gasteiger partial charge in [0.1, 0.15) is 17.4 Å². The summed E-state index contributed by atoms with van der Waals surface area (Å²) in [5.41, 5.74) is 8.94. The van der Waals surface area contributed by atoms with E-state index in [-0.39, 0.29) is 17.4 Å². The average molecular weight is 426 g/mol. The predicted octanol–water partition coefficient (Wildman–Crippen LogP) is 4.03. The number of carbonyl (C=O) groups is 2. The molecule has 160 valence electrons. The lowest BCUT2D eigenvalue weighted by Crippen LogP contribution is -2.18. The number of H-pyrrole nitrogens is 1. The standard InChI is InChI=1S/C25H22N4O3/c1-32-20-13-7-16(8-14-20)15-21-27-22(23(26)30)24(28-21)29-25(31)19-11-9-18(10-12-19)17-5-3-2-4-6-17/h2-14H,15H2,1H3,(H2,26,30)(H,27,28)(H,29,31). The van der Waals surface area contributed by atoms with E-state index in [1.165, 1.54) is 0 Å². The summed E-state index contributed by atoms with van der Waals surface area (Å²) in [5.74, 6) is 0.345. The van der Waals surface area contributed by atoms with Crippen LogP contribution in [0.2, 0.25) is 0 Å². The van der Waals surface area contributed by atoms with E-state index < -0.39 is 5.91 Å². The van der Waals surface area contributed by atoms with Crippen LogP contribution < -0.4 is 15.8 Å². The second-order valence-electron chi connectivity index (χ2n) is 7.19. The molecule has 0 bridgehead atoms. The fourth-order valence-electron chi connectivity index (χ4n) is 3.34. The normalized spacial score (nSPS) is 10.5. The third-order valence-corrected chi connectivity index (χ3v) is 5.01. The highest BCUT2D eigenvalue weighted by Crippen LogP contribution is 2.21. The number of aromatic nitrogens is 2. The number of rotatable bonds is 7. The molecule has 7 nitrogen and oxygen atoms in total. The van der Waals surface area contributed by atoms with E-state index in [1.807, 2.05) is 66.7 Å². The number of nitrogens with zero attached hydrogens (tertiary/aromatic N) is 1. The largest absolute Gasteiger partial charge is 0.497 e. The van der Waals surface area contributed by atoms with E-state index in [0.717, 1.165) is 22.4 Å². The maximum absolute atomic E-state index is 12.7. The van der Waals surface area contributed by atoms with Gasteiger partial charge < -0.3 is 20.8 Å². The zero-order valence-corrected chi connectivity index (χ0v) is 17.5. The topological polar surface area (TPSA) is 110 Å². The highest BCUT2D eigenvalue weighted by molar-refractivity contribution is 6.07. The van der Waals surface area contributed by atoms with E-state index in [2.05, 4.69) is 15.3 Å². The minimum Gasteiger partial charge on any atom is -0.497 e. The summed E-state index contributed by atoms with van der Waals surface area (Å²) in [6.45, 7) is 0. The van der Waals surface area contributed by atoms with Gasteiger partial charge in [-0.3, -0.25) is 9.59 Å². The van der Waals surface area contributed by atoms with Crippen LogP contribution in [0.15, 0.2) is 78.9 Å². The average Bonchev–Trinajstić information content (AvgIpc) is 3.22. The van der Waals surface area contributed by atoms with Crippen LogP contribution >= 0.6 is 0 Å². The van der Waals surface area contributed by atoms with Crippen LogP contribution in [0.3, 0.4) is 0 Å². The Balaban J connectivity index is 1.51. The maximum atomic E-state index is 12.7. The summed E-state index contributed by atoms with van der Waals surface area (Å²) < 4.78 is 5.16. The molecule has 0 spiro atoms. The molecule has 0 saturated heterocycles. The molecule has 4 rings (SSSR count). The van der Waals surface area contributed by atoms with Crippen LogP contribution in [0.25, 0.3) is 11.1 Å². The van der Waals surface area contributed by atoms with Crippen molar-refractivity contribution in [1.82, 2.24) is 9.97 Å². The lowest BCUT2D eigenvalue weighted by Gasteiger charge is -2.06. The molecule has 7 heteroatoms. The summed E-state index contributed by atoms with van der Waals surface area (Å²) in [7, 11) is 1.60. The van der Waals surface area contributed by atoms with Gasteiger partial charge >= 0.3 is 0 Å². The minimum absolute atomic E-state index is 0.0113. The van der Waals surface area contributed by atoms with Crippen molar-refractivity contribution in [3.05, 3.63) is 102 Å². The predicted molar refractivity (Wildman–Crippen MR) is 123 cm³/mol. The van der Waals surface area contributed by atoms with Gasteiger partial charge in [0.2, 0.25) is 0 Å². The van der Waals surface area contributed by atoms with Crippen LogP contribution in [-0.2, 0) is 6.42 Å². The maximum Gasteiger partial charge on any atom is 0.271 e. The first-order valence-corrected chi connectivity index (χ1v) is 10.0. The monoisotopic (exact) mass is 426 g/mol. The summed E-state index contributed by atoms with van der Waals surface area (Å²) in [6, 6.07) is 24.6. The number of benzene rings is 3. The first-order chi connectivity index (χ1) is 15.5. The Morgan fingerprint density at radius 3 is 2.22 bits per heavy atom. The Morgan fingerprint density at radius 2 is 1.59 bits per heavy atom. The molecule has 32 heavy (non-hydrogen) atoms. The number of aromatic amines is 1. The third-order valence-electron chi connectivity index (χ3n) is 5.01. The Labute approximate surface area is 185 Å². The van der Waals surface area contributed by atoms with Crippen LogP contribution in [0.1, 0.15) is 32.2 Å². The first-order valence-electron chi connectivity index (χ1n) is 10.0. The van der Waals surface area contributed by atoms with Gasteiger partial charge in [0.05, 0.1) is 7.11 Å². The summed E-state index contributed by atoms with van der Waals surface area (Å²) in [4.78, 5) is 31.9. The summed E-state index contributed by atoms with van der Waals surface area (Å²) in [6.07, 6.45) is 0.436. The fourth-order valence-corrected chi connectivity index (χ4v) is 3.34. The Hall–Kier alpha value is -4.39. The molecular formula is C25H22N4O3. The van der Waals surface area contributed by atoms with Gasteiger partial charge in [-0.2, -0.15) is 0 Å². The smallest absolute Gasteiger partial charge is 0.271 e.